The number of furan rings is 1. The Labute approximate surface area is 150 Å². The van der Waals surface area contributed by atoms with Gasteiger partial charge in [0.15, 0.2) is 11.5 Å². The highest BCUT2D eigenvalue weighted by atomic mass is 17.1. The normalized spacial score (nSPS) is 12.2. The highest BCUT2D eigenvalue weighted by Gasteiger charge is 2.22. The summed E-state index contributed by atoms with van der Waals surface area (Å²) < 4.78 is 22.1. The highest BCUT2D eigenvalue weighted by molar-refractivity contribution is 6.05. The molecule has 1 N–H and O–H groups in total. The molecule has 2 heterocycles. The summed E-state index contributed by atoms with van der Waals surface area (Å²) in [5, 5.41) is 10.6. The Morgan fingerprint density at radius 1 is 1.12 bits per heavy atom. The number of aromatic nitrogens is 1. The molecule has 0 spiro atoms. The number of rotatable bonds is 6. The first kappa shape index (κ1) is 18.0. The lowest BCUT2D eigenvalue weighted by atomic mass is 10.0. The molecular formula is C19H21NO6. The molecular weight excluding hydrogens is 338 g/mol. The van der Waals surface area contributed by atoms with Gasteiger partial charge in [-0.1, -0.05) is 6.08 Å². The molecule has 2 aromatic heterocycles. The Kier molecular flexibility index (Phi) is 4.76. The average molecular weight is 359 g/mol. The largest absolute Gasteiger partial charge is 0.495 e. The molecule has 7 nitrogen and oxygen atoms in total. The minimum atomic E-state index is -0.888. The molecule has 0 fully saturated rings. The Hall–Kier alpha value is -2.77. The number of fused-ring (bicyclic) bond motifs is 2. The molecule has 26 heavy (non-hydrogen) atoms. The van der Waals surface area contributed by atoms with Gasteiger partial charge in [-0.05, 0) is 26.0 Å². The van der Waals surface area contributed by atoms with Crippen LogP contribution in [0.25, 0.3) is 28.1 Å². The van der Waals surface area contributed by atoms with Gasteiger partial charge in [-0.25, -0.2) is 9.87 Å². The second-order valence-corrected chi connectivity index (χ2v) is 6.23. The van der Waals surface area contributed by atoms with Crippen molar-refractivity contribution in [3.05, 3.63) is 30.0 Å². The molecule has 0 amide bonds. The van der Waals surface area contributed by atoms with Crippen LogP contribution in [-0.4, -0.2) is 37.2 Å². The molecule has 7 heteroatoms. The van der Waals surface area contributed by atoms with Crippen molar-refractivity contribution < 1.29 is 28.8 Å². The molecule has 3 rings (SSSR count). The maximum atomic E-state index is 9.07. The van der Waals surface area contributed by atoms with Crippen molar-refractivity contribution in [2.75, 3.05) is 21.3 Å². The van der Waals surface area contributed by atoms with Crippen molar-refractivity contribution >= 4 is 28.1 Å². The number of benzene rings is 1. The monoisotopic (exact) mass is 359 g/mol. The number of methoxy groups -OCH3 is 3. The van der Waals surface area contributed by atoms with Crippen LogP contribution in [0.4, 0.5) is 0 Å². The summed E-state index contributed by atoms with van der Waals surface area (Å²) in [6.07, 6.45) is 5.06. The van der Waals surface area contributed by atoms with E-state index in [4.69, 9.17) is 23.9 Å². The van der Waals surface area contributed by atoms with Gasteiger partial charge in [0.2, 0.25) is 5.71 Å². The standard InChI is InChI=1S/C19H21NO6/c1-19(2,26-21)8-6-11-15-13(10-14(22-3)16(11)23-4)20-18-12(7-9-25-18)17(15)24-5/h6-10,21H,1-5H3. The Morgan fingerprint density at radius 3 is 2.46 bits per heavy atom. The molecule has 0 aliphatic heterocycles. The third-order valence-corrected chi connectivity index (χ3v) is 4.11. The number of hydrogen-bond donors (Lipinski definition) is 1. The molecule has 138 valence electrons. The summed E-state index contributed by atoms with van der Waals surface area (Å²) in [5.41, 5.74) is 0.903. The van der Waals surface area contributed by atoms with Crippen LogP contribution in [0.3, 0.4) is 0 Å². The molecule has 0 aliphatic carbocycles. The second-order valence-electron chi connectivity index (χ2n) is 6.23. The van der Waals surface area contributed by atoms with Gasteiger partial charge >= 0.3 is 0 Å². The van der Waals surface area contributed by atoms with Crippen LogP contribution in [0, 0.1) is 0 Å². The van der Waals surface area contributed by atoms with E-state index in [-0.39, 0.29) is 0 Å². The highest BCUT2D eigenvalue weighted by Crippen LogP contribution is 2.44. The van der Waals surface area contributed by atoms with Crippen molar-refractivity contribution in [1.82, 2.24) is 4.98 Å². The second kappa shape index (κ2) is 6.86. The molecule has 1 aromatic carbocycles. The van der Waals surface area contributed by atoms with E-state index in [1.165, 1.54) is 0 Å². The van der Waals surface area contributed by atoms with Gasteiger partial charge in [-0.2, -0.15) is 0 Å². The van der Waals surface area contributed by atoms with E-state index >= 15 is 0 Å². The lowest BCUT2D eigenvalue weighted by Gasteiger charge is -2.18. The quantitative estimate of drug-likeness (QED) is 0.519. The van der Waals surface area contributed by atoms with E-state index in [1.54, 1.807) is 65.7 Å². The van der Waals surface area contributed by atoms with Gasteiger partial charge in [-0.15, -0.1) is 0 Å². The molecule has 0 atom stereocenters. The van der Waals surface area contributed by atoms with Crippen LogP contribution in [0.5, 0.6) is 17.2 Å². The predicted octanol–water partition coefficient (Wildman–Crippen LogP) is 4.29. The maximum absolute atomic E-state index is 9.07. The molecule has 0 unspecified atom stereocenters. The number of nitrogens with zero attached hydrogens (tertiary/aromatic N) is 1. The van der Waals surface area contributed by atoms with E-state index in [0.717, 1.165) is 10.8 Å². The smallest absolute Gasteiger partial charge is 0.230 e. The van der Waals surface area contributed by atoms with Crippen LogP contribution >= 0.6 is 0 Å². The van der Waals surface area contributed by atoms with Crippen molar-refractivity contribution in [2.24, 2.45) is 0 Å². The van der Waals surface area contributed by atoms with E-state index in [0.29, 0.717) is 34.0 Å². The van der Waals surface area contributed by atoms with Crippen LogP contribution in [-0.2, 0) is 4.89 Å². The lowest BCUT2D eigenvalue weighted by Crippen LogP contribution is -2.18. The predicted molar refractivity (Wildman–Crippen MR) is 98.0 cm³/mol. The first-order chi connectivity index (χ1) is 12.5. The lowest BCUT2D eigenvalue weighted by molar-refractivity contribution is -0.296. The Balaban J connectivity index is 2.44. The Morgan fingerprint density at radius 2 is 1.85 bits per heavy atom. The zero-order valence-corrected chi connectivity index (χ0v) is 15.3. The minimum Gasteiger partial charge on any atom is -0.495 e. The van der Waals surface area contributed by atoms with Crippen molar-refractivity contribution in [3.63, 3.8) is 0 Å². The summed E-state index contributed by atoms with van der Waals surface area (Å²) >= 11 is 0. The average Bonchev–Trinajstić information content (AvgIpc) is 3.11. The maximum Gasteiger partial charge on any atom is 0.230 e. The third kappa shape index (κ3) is 2.95. The van der Waals surface area contributed by atoms with Crippen molar-refractivity contribution in [2.45, 2.75) is 19.4 Å². The van der Waals surface area contributed by atoms with E-state index in [2.05, 4.69) is 9.87 Å². The topological polar surface area (TPSA) is 83.2 Å². The molecule has 3 aromatic rings. The zero-order valence-electron chi connectivity index (χ0n) is 15.3. The first-order valence-corrected chi connectivity index (χ1v) is 7.97. The van der Waals surface area contributed by atoms with Gasteiger partial charge in [0.1, 0.15) is 11.4 Å². The zero-order chi connectivity index (χ0) is 18.9. The number of ether oxygens (including phenoxy) is 3. The summed E-state index contributed by atoms with van der Waals surface area (Å²) in [7, 11) is 4.71. The van der Waals surface area contributed by atoms with E-state index < -0.39 is 5.60 Å². The summed E-state index contributed by atoms with van der Waals surface area (Å²) in [5.74, 6) is 1.65. The van der Waals surface area contributed by atoms with Crippen LogP contribution in [0.2, 0.25) is 0 Å². The van der Waals surface area contributed by atoms with Crippen molar-refractivity contribution in [1.29, 1.82) is 0 Å². The number of pyridine rings is 1. The van der Waals surface area contributed by atoms with Gasteiger partial charge in [0.05, 0.1) is 43.9 Å². The summed E-state index contributed by atoms with van der Waals surface area (Å²) in [6, 6.07) is 3.56. The number of hydrogen-bond acceptors (Lipinski definition) is 7. The fourth-order valence-electron chi connectivity index (χ4n) is 2.83. The molecule has 0 aliphatic rings. The van der Waals surface area contributed by atoms with Crippen molar-refractivity contribution in [3.8, 4) is 17.2 Å². The van der Waals surface area contributed by atoms with Crippen LogP contribution in [0.15, 0.2) is 28.9 Å². The van der Waals surface area contributed by atoms with Crippen LogP contribution < -0.4 is 14.2 Å². The van der Waals surface area contributed by atoms with E-state index in [1.807, 2.05) is 0 Å². The van der Waals surface area contributed by atoms with E-state index in [9.17, 15) is 0 Å². The van der Waals surface area contributed by atoms with Gasteiger partial charge in [0.25, 0.3) is 0 Å². The minimum absolute atomic E-state index is 0.468. The fraction of sp³-hybridized carbons (Fsp3) is 0.316. The third-order valence-electron chi connectivity index (χ3n) is 4.11. The molecule has 0 saturated carbocycles. The van der Waals surface area contributed by atoms with Gasteiger partial charge in [0, 0.05) is 11.6 Å². The van der Waals surface area contributed by atoms with Crippen LogP contribution in [0.1, 0.15) is 19.4 Å². The summed E-state index contributed by atoms with van der Waals surface area (Å²) in [4.78, 5) is 9.05. The first-order valence-electron chi connectivity index (χ1n) is 7.97. The Bertz CT molecular complexity index is 973. The van der Waals surface area contributed by atoms with Gasteiger partial charge in [-0.3, -0.25) is 5.26 Å². The summed E-state index contributed by atoms with van der Waals surface area (Å²) in [6.45, 7) is 3.45. The molecule has 0 radical (unpaired) electrons. The van der Waals surface area contributed by atoms with Gasteiger partial charge < -0.3 is 18.6 Å². The fourth-order valence-corrected chi connectivity index (χ4v) is 2.83. The molecule has 0 saturated heterocycles. The SMILES string of the molecule is COc1cc2nc3occc3c(OC)c2c(C=CC(C)(C)OO)c1OC. The molecule has 0 bridgehead atoms.